The number of rotatable bonds is 3. The highest BCUT2D eigenvalue weighted by molar-refractivity contribution is 5.37. The second-order valence-electron chi connectivity index (χ2n) is 6.77. The van der Waals surface area contributed by atoms with Crippen LogP contribution in [-0.2, 0) is 11.3 Å². The molecule has 5 heteroatoms. The molecule has 5 nitrogen and oxygen atoms in total. The predicted octanol–water partition coefficient (Wildman–Crippen LogP) is 1.65. The molecule has 3 heterocycles. The Bertz CT molecular complexity index is 481. The molecule has 0 radical (unpaired) electrons. The van der Waals surface area contributed by atoms with E-state index in [0.29, 0.717) is 0 Å². The molecule has 3 rings (SSSR count). The van der Waals surface area contributed by atoms with E-state index in [0.717, 1.165) is 57.7 Å². The number of aromatic nitrogens is 1. The zero-order valence-electron chi connectivity index (χ0n) is 13.7. The number of aliphatic hydroxyl groups excluding tert-OH is 1. The van der Waals surface area contributed by atoms with Crippen LogP contribution >= 0.6 is 0 Å². The first-order valence-corrected chi connectivity index (χ1v) is 8.26. The molecular weight excluding hydrogens is 278 g/mol. The molecule has 2 fully saturated rings. The summed E-state index contributed by atoms with van der Waals surface area (Å²) >= 11 is 0. The SMILES string of the molecule is CN(C)c1ccc(CN2CCC3(CC2)OCCC[C@@H]3O)cn1. The number of ether oxygens (including phenoxy) is 1. The van der Waals surface area contributed by atoms with Gasteiger partial charge in [0.25, 0.3) is 0 Å². The Morgan fingerprint density at radius 1 is 1.36 bits per heavy atom. The van der Waals surface area contributed by atoms with E-state index in [-0.39, 0.29) is 11.7 Å². The molecule has 2 aliphatic heterocycles. The molecule has 22 heavy (non-hydrogen) atoms. The molecule has 0 saturated carbocycles. The van der Waals surface area contributed by atoms with Gasteiger partial charge in [0.2, 0.25) is 0 Å². The fourth-order valence-corrected chi connectivity index (χ4v) is 3.51. The van der Waals surface area contributed by atoms with Crippen molar-refractivity contribution in [3.63, 3.8) is 0 Å². The zero-order chi connectivity index (χ0) is 15.6. The molecule has 1 aromatic rings. The van der Waals surface area contributed by atoms with Gasteiger partial charge < -0.3 is 14.7 Å². The van der Waals surface area contributed by atoms with Crippen molar-refractivity contribution in [1.82, 2.24) is 9.88 Å². The lowest BCUT2D eigenvalue weighted by Gasteiger charge is -2.46. The number of anilines is 1. The summed E-state index contributed by atoms with van der Waals surface area (Å²) in [6.07, 6.45) is 5.40. The van der Waals surface area contributed by atoms with Gasteiger partial charge in [-0.25, -0.2) is 4.98 Å². The minimum Gasteiger partial charge on any atom is -0.390 e. The molecule has 122 valence electrons. The van der Waals surface area contributed by atoms with Gasteiger partial charge in [0, 0.05) is 46.5 Å². The van der Waals surface area contributed by atoms with Crippen molar-refractivity contribution in [2.45, 2.75) is 43.9 Å². The Morgan fingerprint density at radius 2 is 2.14 bits per heavy atom. The van der Waals surface area contributed by atoms with Crippen LogP contribution in [-0.4, -0.2) is 60.5 Å². The predicted molar refractivity (Wildman–Crippen MR) is 87.0 cm³/mol. The fourth-order valence-electron chi connectivity index (χ4n) is 3.51. The number of piperidine rings is 1. The van der Waals surface area contributed by atoms with E-state index in [4.69, 9.17) is 4.74 Å². The zero-order valence-corrected chi connectivity index (χ0v) is 13.7. The third-order valence-corrected chi connectivity index (χ3v) is 4.99. The topological polar surface area (TPSA) is 48.8 Å². The molecule has 0 aromatic carbocycles. The van der Waals surface area contributed by atoms with Gasteiger partial charge in [-0.05, 0) is 37.3 Å². The monoisotopic (exact) mass is 305 g/mol. The number of likely N-dealkylation sites (tertiary alicyclic amines) is 1. The van der Waals surface area contributed by atoms with Crippen molar-refractivity contribution in [2.24, 2.45) is 0 Å². The van der Waals surface area contributed by atoms with Crippen molar-refractivity contribution in [3.8, 4) is 0 Å². The largest absolute Gasteiger partial charge is 0.390 e. The number of pyridine rings is 1. The van der Waals surface area contributed by atoms with Crippen LogP contribution in [0.15, 0.2) is 18.3 Å². The molecule has 1 spiro atoms. The van der Waals surface area contributed by atoms with Crippen molar-refractivity contribution >= 4 is 5.82 Å². The Balaban J connectivity index is 1.55. The van der Waals surface area contributed by atoms with E-state index in [1.165, 1.54) is 5.56 Å². The van der Waals surface area contributed by atoms with Gasteiger partial charge >= 0.3 is 0 Å². The Morgan fingerprint density at radius 3 is 2.73 bits per heavy atom. The van der Waals surface area contributed by atoms with Crippen molar-refractivity contribution in [2.75, 3.05) is 38.7 Å². The summed E-state index contributed by atoms with van der Waals surface area (Å²) < 4.78 is 5.96. The van der Waals surface area contributed by atoms with Gasteiger partial charge in [0.15, 0.2) is 0 Å². The molecule has 0 bridgehead atoms. The van der Waals surface area contributed by atoms with Crippen LogP contribution in [0, 0.1) is 0 Å². The van der Waals surface area contributed by atoms with E-state index < -0.39 is 0 Å². The Kier molecular flexibility index (Phi) is 4.66. The number of aliphatic hydroxyl groups is 1. The first-order chi connectivity index (χ1) is 10.6. The summed E-state index contributed by atoms with van der Waals surface area (Å²) in [7, 11) is 4.00. The smallest absolute Gasteiger partial charge is 0.127 e. The average Bonchev–Trinajstić information content (AvgIpc) is 2.53. The number of hydrogen-bond donors (Lipinski definition) is 1. The van der Waals surface area contributed by atoms with Crippen LogP contribution in [0.2, 0.25) is 0 Å². The molecule has 1 N–H and O–H groups in total. The average molecular weight is 305 g/mol. The molecule has 2 saturated heterocycles. The first kappa shape index (κ1) is 15.7. The summed E-state index contributed by atoms with van der Waals surface area (Å²) in [4.78, 5) is 8.92. The molecule has 0 unspecified atom stereocenters. The quantitative estimate of drug-likeness (QED) is 0.920. The van der Waals surface area contributed by atoms with Crippen LogP contribution in [0.25, 0.3) is 0 Å². The highest BCUT2D eigenvalue weighted by Crippen LogP contribution is 2.35. The summed E-state index contributed by atoms with van der Waals surface area (Å²) in [5, 5.41) is 10.3. The van der Waals surface area contributed by atoms with Crippen LogP contribution < -0.4 is 4.90 Å². The third-order valence-electron chi connectivity index (χ3n) is 4.99. The molecule has 1 aromatic heterocycles. The molecule has 0 amide bonds. The Labute approximate surface area is 132 Å². The van der Waals surface area contributed by atoms with Crippen LogP contribution in [0.3, 0.4) is 0 Å². The summed E-state index contributed by atoms with van der Waals surface area (Å²) in [6.45, 7) is 3.68. The van der Waals surface area contributed by atoms with Gasteiger partial charge in [-0.3, -0.25) is 4.90 Å². The minimum atomic E-state index is -0.288. The van der Waals surface area contributed by atoms with E-state index >= 15 is 0 Å². The normalized spacial score (nSPS) is 25.3. The minimum absolute atomic E-state index is 0.276. The maximum Gasteiger partial charge on any atom is 0.127 e. The third kappa shape index (κ3) is 3.26. The van der Waals surface area contributed by atoms with Crippen LogP contribution in [0.5, 0.6) is 0 Å². The fraction of sp³-hybridized carbons (Fsp3) is 0.706. The second-order valence-corrected chi connectivity index (χ2v) is 6.77. The van der Waals surface area contributed by atoms with Crippen LogP contribution in [0.4, 0.5) is 5.82 Å². The standard InChI is InChI=1S/C17H27N3O2/c1-19(2)16-6-5-14(12-18-16)13-20-9-7-17(8-10-20)15(21)4-3-11-22-17/h5-6,12,15,21H,3-4,7-11,13H2,1-2H3/t15-/m0/s1. The maximum absolute atomic E-state index is 10.3. The van der Waals surface area contributed by atoms with Gasteiger partial charge in [-0.1, -0.05) is 6.07 Å². The van der Waals surface area contributed by atoms with Gasteiger partial charge in [-0.2, -0.15) is 0 Å². The van der Waals surface area contributed by atoms with Crippen molar-refractivity contribution < 1.29 is 9.84 Å². The highest BCUT2D eigenvalue weighted by atomic mass is 16.5. The lowest BCUT2D eigenvalue weighted by atomic mass is 9.82. The van der Waals surface area contributed by atoms with Crippen LogP contribution in [0.1, 0.15) is 31.2 Å². The summed E-state index contributed by atoms with van der Waals surface area (Å²) in [6, 6.07) is 4.22. The van der Waals surface area contributed by atoms with E-state index in [9.17, 15) is 5.11 Å². The lowest BCUT2D eigenvalue weighted by Crippen LogP contribution is -2.55. The van der Waals surface area contributed by atoms with Gasteiger partial charge in [0.1, 0.15) is 5.82 Å². The van der Waals surface area contributed by atoms with Crippen molar-refractivity contribution in [1.29, 1.82) is 0 Å². The van der Waals surface area contributed by atoms with E-state index in [1.54, 1.807) is 0 Å². The van der Waals surface area contributed by atoms with E-state index in [2.05, 4.69) is 22.0 Å². The lowest BCUT2D eigenvalue weighted by molar-refractivity contribution is -0.177. The number of nitrogens with zero attached hydrogens (tertiary/aromatic N) is 3. The Hall–Kier alpha value is -1.17. The molecule has 0 aliphatic carbocycles. The van der Waals surface area contributed by atoms with Gasteiger partial charge in [0.05, 0.1) is 11.7 Å². The molecule has 1 atom stereocenters. The summed E-state index contributed by atoms with van der Waals surface area (Å²) in [5.41, 5.74) is 0.966. The molecule has 2 aliphatic rings. The second kappa shape index (κ2) is 6.52. The molecular formula is C17H27N3O2. The van der Waals surface area contributed by atoms with Gasteiger partial charge in [-0.15, -0.1) is 0 Å². The van der Waals surface area contributed by atoms with Crippen molar-refractivity contribution in [3.05, 3.63) is 23.9 Å². The summed E-state index contributed by atoms with van der Waals surface area (Å²) in [5.74, 6) is 0.986. The highest BCUT2D eigenvalue weighted by Gasteiger charge is 2.43. The first-order valence-electron chi connectivity index (χ1n) is 8.26. The maximum atomic E-state index is 10.3. The van der Waals surface area contributed by atoms with E-state index in [1.807, 2.05) is 25.2 Å². The number of hydrogen-bond acceptors (Lipinski definition) is 5.